The molecular weight excluding hydrogens is 332 g/mol. The maximum absolute atomic E-state index is 12.5. The number of nitrogens with zero attached hydrogens (tertiary/aromatic N) is 1. The lowest BCUT2D eigenvalue weighted by molar-refractivity contribution is 0.427. The second-order valence-corrected chi connectivity index (χ2v) is 8.25. The highest BCUT2D eigenvalue weighted by atomic mass is 32.2. The van der Waals surface area contributed by atoms with Crippen LogP contribution in [0.25, 0.3) is 10.6 Å². The van der Waals surface area contributed by atoms with Crippen molar-refractivity contribution in [1.29, 1.82) is 0 Å². The standard InChI is InChI=1S/C16H16N2O3S2/c1-10-6-4-5-7-13(10)18-23(19,20)15-9-8-14(22-15)16-11(2)12(3)17-21-16/h4-9,18H,1-3H3. The van der Waals surface area contributed by atoms with Crippen molar-refractivity contribution in [2.24, 2.45) is 0 Å². The number of hydrogen-bond donors (Lipinski definition) is 1. The fraction of sp³-hybridized carbons (Fsp3) is 0.188. The zero-order valence-electron chi connectivity index (χ0n) is 13.0. The second kappa shape index (κ2) is 5.82. The first kappa shape index (κ1) is 15.8. The number of hydrogen-bond acceptors (Lipinski definition) is 5. The van der Waals surface area contributed by atoms with E-state index in [0.717, 1.165) is 33.0 Å². The minimum Gasteiger partial charge on any atom is -0.355 e. The maximum atomic E-state index is 12.5. The van der Waals surface area contributed by atoms with Crippen molar-refractivity contribution in [3.05, 3.63) is 53.2 Å². The summed E-state index contributed by atoms with van der Waals surface area (Å²) in [6.07, 6.45) is 0. The largest absolute Gasteiger partial charge is 0.355 e. The Balaban J connectivity index is 1.93. The van der Waals surface area contributed by atoms with Crippen molar-refractivity contribution in [1.82, 2.24) is 5.16 Å². The topological polar surface area (TPSA) is 72.2 Å². The number of thiophene rings is 1. The zero-order valence-corrected chi connectivity index (χ0v) is 14.6. The molecule has 0 aliphatic heterocycles. The van der Waals surface area contributed by atoms with Crippen LogP contribution in [0.1, 0.15) is 16.8 Å². The molecule has 0 amide bonds. The molecule has 1 N–H and O–H groups in total. The van der Waals surface area contributed by atoms with Crippen LogP contribution in [0.2, 0.25) is 0 Å². The summed E-state index contributed by atoms with van der Waals surface area (Å²) in [4.78, 5) is 0.744. The first-order valence-electron chi connectivity index (χ1n) is 7.00. The lowest BCUT2D eigenvalue weighted by Crippen LogP contribution is -2.12. The third-order valence-electron chi connectivity index (χ3n) is 3.62. The number of rotatable bonds is 4. The van der Waals surface area contributed by atoms with E-state index in [0.29, 0.717) is 11.4 Å². The summed E-state index contributed by atoms with van der Waals surface area (Å²) in [6, 6.07) is 10.6. The quantitative estimate of drug-likeness (QED) is 0.769. The predicted octanol–water partition coefficient (Wildman–Crippen LogP) is 4.13. The molecule has 0 atom stereocenters. The minimum absolute atomic E-state index is 0.240. The molecule has 23 heavy (non-hydrogen) atoms. The molecule has 5 nitrogen and oxygen atoms in total. The van der Waals surface area contributed by atoms with E-state index >= 15 is 0 Å². The lowest BCUT2D eigenvalue weighted by atomic mass is 10.2. The van der Waals surface area contributed by atoms with Gasteiger partial charge in [0, 0.05) is 5.56 Å². The third kappa shape index (κ3) is 3.02. The molecule has 0 bridgehead atoms. The summed E-state index contributed by atoms with van der Waals surface area (Å²) in [5.74, 6) is 0.616. The summed E-state index contributed by atoms with van der Waals surface area (Å²) in [7, 11) is -3.62. The highest BCUT2D eigenvalue weighted by Gasteiger charge is 2.20. The summed E-state index contributed by atoms with van der Waals surface area (Å²) < 4.78 is 33.2. The second-order valence-electron chi connectivity index (χ2n) is 5.26. The number of aromatic nitrogens is 1. The van der Waals surface area contributed by atoms with Crippen molar-refractivity contribution in [2.75, 3.05) is 4.72 Å². The van der Waals surface area contributed by atoms with Gasteiger partial charge in [-0.25, -0.2) is 8.42 Å². The number of anilines is 1. The van der Waals surface area contributed by atoms with Gasteiger partial charge in [0.15, 0.2) is 5.76 Å². The molecular formula is C16H16N2O3S2. The van der Waals surface area contributed by atoms with Gasteiger partial charge in [-0.15, -0.1) is 11.3 Å². The van der Waals surface area contributed by atoms with Gasteiger partial charge in [0.2, 0.25) is 0 Å². The zero-order chi connectivity index (χ0) is 16.6. The summed E-state index contributed by atoms with van der Waals surface area (Å²) in [5.41, 5.74) is 3.17. The van der Waals surface area contributed by atoms with Crippen molar-refractivity contribution in [3.8, 4) is 10.6 Å². The van der Waals surface area contributed by atoms with E-state index in [1.165, 1.54) is 0 Å². The van der Waals surface area contributed by atoms with E-state index in [1.54, 1.807) is 24.3 Å². The van der Waals surface area contributed by atoms with Gasteiger partial charge in [0.1, 0.15) is 4.21 Å². The Bertz CT molecular complexity index is 955. The van der Waals surface area contributed by atoms with Crippen LogP contribution in [0, 0.1) is 20.8 Å². The Hall–Kier alpha value is -2.12. The average Bonchev–Trinajstić information content (AvgIpc) is 3.10. The number of benzene rings is 1. The molecule has 0 aliphatic rings. The molecule has 0 aliphatic carbocycles. The van der Waals surface area contributed by atoms with Gasteiger partial charge in [0.05, 0.1) is 16.3 Å². The Labute approximate surface area is 139 Å². The molecule has 0 fully saturated rings. The van der Waals surface area contributed by atoms with Crippen LogP contribution in [0.15, 0.2) is 45.1 Å². The predicted molar refractivity (Wildman–Crippen MR) is 91.3 cm³/mol. The van der Waals surface area contributed by atoms with Gasteiger partial charge in [-0.2, -0.15) is 0 Å². The fourth-order valence-corrected chi connectivity index (χ4v) is 4.59. The highest BCUT2D eigenvalue weighted by molar-refractivity contribution is 7.94. The molecule has 0 radical (unpaired) electrons. The first-order valence-corrected chi connectivity index (χ1v) is 9.30. The minimum atomic E-state index is -3.62. The number of nitrogens with one attached hydrogen (secondary N) is 1. The molecule has 0 unspecified atom stereocenters. The van der Waals surface area contributed by atoms with Gasteiger partial charge in [-0.1, -0.05) is 23.4 Å². The summed E-state index contributed by atoms with van der Waals surface area (Å²) in [5, 5.41) is 3.91. The molecule has 0 saturated heterocycles. The van der Waals surface area contributed by atoms with Gasteiger partial charge in [-0.3, -0.25) is 4.72 Å². The molecule has 2 aromatic heterocycles. The van der Waals surface area contributed by atoms with Crippen molar-refractivity contribution >= 4 is 27.0 Å². The number of aryl methyl sites for hydroxylation is 2. The molecule has 7 heteroatoms. The van der Waals surface area contributed by atoms with Crippen LogP contribution in [0.4, 0.5) is 5.69 Å². The molecule has 120 valence electrons. The molecule has 1 aromatic carbocycles. The highest BCUT2D eigenvalue weighted by Crippen LogP contribution is 2.34. The van der Waals surface area contributed by atoms with E-state index in [-0.39, 0.29) is 4.21 Å². The number of sulfonamides is 1. The Morgan fingerprint density at radius 2 is 1.83 bits per heavy atom. The van der Waals surface area contributed by atoms with Gasteiger partial charge in [-0.05, 0) is 44.5 Å². The van der Waals surface area contributed by atoms with Crippen LogP contribution in [0.5, 0.6) is 0 Å². The van der Waals surface area contributed by atoms with Gasteiger partial charge >= 0.3 is 0 Å². The Kier molecular flexibility index (Phi) is 3.99. The van der Waals surface area contributed by atoms with Crippen LogP contribution >= 0.6 is 11.3 Å². The van der Waals surface area contributed by atoms with Crippen molar-refractivity contribution in [3.63, 3.8) is 0 Å². The van der Waals surface area contributed by atoms with Crippen LogP contribution in [-0.4, -0.2) is 13.6 Å². The smallest absolute Gasteiger partial charge is 0.271 e. The van der Waals surface area contributed by atoms with E-state index in [2.05, 4.69) is 9.88 Å². The third-order valence-corrected chi connectivity index (χ3v) is 6.56. The maximum Gasteiger partial charge on any atom is 0.271 e. The lowest BCUT2D eigenvalue weighted by Gasteiger charge is -2.08. The SMILES string of the molecule is Cc1ccccc1NS(=O)(=O)c1ccc(-c2onc(C)c2C)s1. The fourth-order valence-electron chi connectivity index (χ4n) is 2.11. The number of para-hydroxylation sites is 1. The molecule has 2 heterocycles. The van der Waals surface area contributed by atoms with Gasteiger partial charge in [0.25, 0.3) is 10.0 Å². The molecule has 3 aromatic rings. The molecule has 3 rings (SSSR count). The van der Waals surface area contributed by atoms with Crippen LogP contribution in [0.3, 0.4) is 0 Å². The Morgan fingerprint density at radius 1 is 1.09 bits per heavy atom. The van der Waals surface area contributed by atoms with E-state index in [1.807, 2.05) is 32.9 Å². The molecule has 0 spiro atoms. The van der Waals surface area contributed by atoms with Crippen LogP contribution in [-0.2, 0) is 10.0 Å². The summed E-state index contributed by atoms with van der Waals surface area (Å²) >= 11 is 1.16. The van der Waals surface area contributed by atoms with Crippen molar-refractivity contribution in [2.45, 2.75) is 25.0 Å². The van der Waals surface area contributed by atoms with Crippen LogP contribution < -0.4 is 4.72 Å². The van der Waals surface area contributed by atoms with E-state index < -0.39 is 10.0 Å². The summed E-state index contributed by atoms with van der Waals surface area (Å²) in [6.45, 7) is 5.62. The average molecular weight is 348 g/mol. The monoisotopic (exact) mass is 348 g/mol. The molecule has 0 saturated carbocycles. The van der Waals surface area contributed by atoms with Gasteiger partial charge < -0.3 is 4.52 Å². The normalized spacial score (nSPS) is 11.6. The van der Waals surface area contributed by atoms with Crippen molar-refractivity contribution < 1.29 is 12.9 Å². The Morgan fingerprint density at radius 3 is 2.48 bits per heavy atom. The first-order chi connectivity index (χ1) is 10.9. The van der Waals surface area contributed by atoms with E-state index in [4.69, 9.17) is 4.52 Å². The van der Waals surface area contributed by atoms with E-state index in [9.17, 15) is 8.42 Å².